The summed E-state index contributed by atoms with van der Waals surface area (Å²) in [6.45, 7) is 12.2. The molecule has 1 saturated heterocycles. The van der Waals surface area contributed by atoms with E-state index in [2.05, 4.69) is 37.1 Å². The van der Waals surface area contributed by atoms with Crippen molar-refractivity contribution >= 4 is 0 Å². The van der Waals surface area contributed by atoms with E-state index >= 15 is 0 Å². The third-order valence-electron chi connectivity index (χ3n) is 3.72. The third-order valence-corrected chi connectivity index (χ3v) is 3.72. The summed E-state index contributed by atoms with van der Waals surface area (Å²) in [5.74, 6) is 0. The highest BCUT2D eigenvalue weighted by Gasteiger charge is 2.26. The van der Waals surface area contributed by atoms with Crippen molar-refractivity contribution in [1.29, 1.82) is 5.26 Å². The third kappa shape index (κ3) is 5.90. The molecule has 4 heteroatoms. The van der Waals surface area contributed by atoms with Crippen LogP contribution in [-0.2, 0) is 4.74 Å². The Kier molecular flexibility index (Phi) is 6.78. The van der Waals surface area contributed by atoms with Gasteiger partial charge in [0.15, 0.2) is 0 Å². The lowest BCUT2D eigenvalue weighted by molar-refractivity contribution is 0.0131. The van der Waals surface area contributed by atoms with Crippen LogP contribution < -0.4 is 5.32 Å². The number of nitrogens with one attached hydrogen (secondary N) is 1. The lowest BCUT2D eigenvalue weighted by Gasteiger charge is -2.34. The predicted molar refractivity (Wildman–Crippen MR) is 78.0 cm³/mol. The van der Waals surface area contributed by atoms with Crippen LogP contribution in [-0.4, -0.2) is 48.8 Å². The smallest absolute Gasteiger partial charge is 0.105 e. The molecule has 0 aromatic carbocycles. The minimum Gasteiger partial charge on any atom is -0.378 e. The normalized spacial score (nSPS) is 21.3. The summed E-state index contributed by atoms with van der Waals surface area (Å²) in [4.78, 5) is 2.45. The van der Waals surface area contributed by atoms with Gasteiger partial charge in [-0.2, -0.15) is 5.26 Å². The fourth-order valence-electron chi connectivity index (χ4n) is 2.71. The number of rotatable bonds is 7. The molecule has 0 aromatic rings. The molecule has 1 aliphatic heterocycles. The molecule has 0 radical (unpaired) electrons. The Bertz CT molecular complexity index is 292. The van der Waals surface area contributed by atoms with Gasteiger partial charge < -0.3 is 9.64 Å². The summed E-state index contributed by atoms with van der Waals surface area (Å²) in [6.07, 6.45) is 3.56. The molecular weight excluding hydrogens is 238 g/mol. The molecule has 0 spiro atoms. The Hall–Kier alpha value is -0.630. The van der Waals surface area contributed by atoms with Gasteiger partial charge in [0.2, 0.25) is 0 Å². The molecule has 1 atom stereocenters. The van der Waals surface area contributed by atoms with E-state index in [1.165, 1.54) is 0 Å². The Morgan fingerprint density at radius 2 is 2.05 bits per heavy atom. The zero-order valence-electron chi connectivity index (χ0n) is 12.9. The first-order valence-electron chi connectivity index (χ1n) is 7.52. The van der Waals surface area contributed by atoms with Crippen molar-refractivity contribution in [3.8, 4) is 6.07 Å². The molecular formula is C15H29N3O. The Labute approximate surface area is 118 Å². The molecule has 110 valence electrons. The Morgan fingerprint density at radius 3 is 2.53 bits per heavy atom. The predicted octanol–water partition coefficient (Wildman–Crippen LogP) is 2.16. The van der Waals surface area contributed by atoms with Gasteiger partial charge in [-0.3, -0.25) is 5.32 Å². The van der Waals surface area contributed by atoms with Crippen molar-refractivity contribution in [2.75, 3.05) is 26.2 Å². The lowest BCUT2D eigenvalue weighted by atomic mass is 9.97. The number of hydrogen-bond donors (Lipinski definition) is 1. The second-order valence-electron chi connectivity index (χ2n) is 5.99. The molecule has 0 bridgehead atoms. The van der Waals surface area contributed by atoms with Gasteiger partial charge in [0.25, 0.3) is 0 Å². The Morgan fingerprint density at radius 1 is 1.42 bits per heavy atom. The number of piperidine rings is 1. The van der Waals surface area contributed by atoms with Gasteiger partial charge >= 0.3 is 0 Å². The molecule has 0 aromatic heterocycles. The van der Waals surface area contributed by atoms with E-state index in [1.54, 1.807) is 0 Å². The van der Waals surface area contributed by atoms with Gasteiger partial charge in [0.1, 0.15) is 5.54 Å². The van der Waals surface area contributed by atoms with E-state index < -0.39 is 5.54 Å². The van der Waals surface area contributed by atoms with Crippen molar-refractivity contribution in [3.63, 3.8) is 0 Å². The van der Waals surface area contributed by atoms with E-state index in [-0.39, 0.29) is 0 Å². The maximum Gasteiger partial charge on any atom is 0.105 e. The van der Waals surface area contributed by atoms with Crippen molar-refractivity contribution < 1.29 is 4.74 Å². The lowest BCUT2D eigenvalue weighted by Crippen LogP contribution is -2.48. The molecule has 19 heavy (non-hydrogen) atoms. The highest BCUT2D eigenvalue weighted by molar-refractivity contribution is 5.04. The molecule has 4 nitrogen and oxygen atoms in total. The molecule has 1 fully saturated rings. The number of ether oxygens (including phenoxy) is 1. The summed E-state index contributed by atoms with van der Waals surface area (Å²) in [5.41, 5.74) is -0.412. The second-order valence-corrected chi connectivity index (χ2v) is 5.99. The second kappa shape index (κ2) is 7.84. The maximum absolute atomic E-state index is 9.32. The van der Waals surface area contributed by atoms with Crippen LogP contribution in [0, 0.1) is 11.3 Å². The Balaban J connectivity index is 2.31. The fourth-order valence-corrected chi connectivity index (χ4v) is 2.71. The standard InChI is InChI=1S/C15H29N3O/c1-5-19-14-6-9-18(10-7-14)11-8-15(4,12-16)17-13(2)3/h13-14,17H,5-11H2,1-4H3. The molecule has 1 rings (SSSR count). The van der Waals surface area contributed by atoms with E-state index in [0.29, 0.717) is 12.1 Å². The first-order valence-corrected chi connectivity index (χ1v) is 7.52. The average Bonchev–Trinajstić information content (AvgIpc) is 2.38. The van der Waals surface area contributed by atoms with Crippen LogP contribution in [0.1, 0.15) is 47.0 Å². The number of hydrogen-bond acceptors (Lipinski definition) is 4. The van der Waals surface area contributed by atoms with Gasteiger partial charge in [0, 0.05) is 32.3 Å². The van der Waals surface area contributed by atoms with Gasteiger partial charge in [-0.25, -0.2) is 0 Å². The monoisotopic (exact) mass is 267 g/mol. The van der Waals surface area contributed by atoms with Crippen LogP contribution >= 0.6 is 0 Å². The molecule has 1 unspecified atom stereocenters. The summed E-state index contributed by atoms with van der Waals surface area (Å²) < 4.78 is 5.66. The molecule has 1 N–H and O–H groups in total. The van der Waals surface area contributed by atoms with Crippen molar-refractivity contribution in [2.45, 2.75) is 64.6 Å². The summed E-state index contributed by atoms with van der Waals surface area (Å²) in [6, 6.07) is 2.76. The van der Waals surface area contributed by atoms with Crippen LogP contribution in [0.4, 0.5) is 0 Å². The first kappa shape index (κ1) is 16.4. The van der Waals surface area contributed by atoms with Gasteiger partial charge in [0.05, 0.1) is 12.2 Å². The molecule has 0 aliphatic carbocycles. The minimum atomic E-state index is -0.412. The van der Waals surface area contributed by atoms with E-state index in [4.69, 9.17) is 4.74 Å². The van der Waals surface area contributed by atoms with Gasteiger partial charge in [-0.15, -0.1) is 0 Å². The van der Waals surface area contributed by atoms with Crippen LogP contribution in [0.5, 0.6) is 0 Å². The quantitative estimate of drug-likeness (QED) is 0.768. The van der Waals surface area contributed by atoms with Gasteiger partial charge in [-0.05, 0) is 47.0 Å². The van der Waals surface area contributed by atoms with Crippen molar-refractivity contribution in [1.82, 2.24) is 10.2 Å². The van der Waals surface area contributed by atoms with E-state index in [9.17, 15) is 5.26 Å². The molecule has 1 heterocycles. The fraction of sp³-hybridized carbons (Fsp3) is 0.933. The highest BCUT2D eigenvalue weighted by atomic mass is 16.5. The number of nitriles is 1. The van der Waals surface area contributed by atoms with E-state index in [0.717, 1.165) is 45.5 Å². The van der Waals surface area contributed by atoms with Crippen LogP contribution in [0.25, 0.3) is 0 Å². The summed E-state index contributed by atoms with van der Waals surface area (Å²) in [5, 5.41) is 12.7. The average molecular weight is 267 g/mol. The van der Waals surface area contributed by atoms with E-state index in [1.807, 2.05) is 6.92 Å². The zero-order chi connectivity index (χ0) is 14.3. The van der Waals surface area contributed by atoms with Crippen LogP contribution in [0.3, 0.4) is 0 Å². The molecule has 0 saturated carbocycles. The summed E-state index contributed by atoms with van der Waals surface area (Å²) in [7, 11) is 0. The van der Waals surface area contributed by atoms with Crippen molar-refractivity contribution in [3.05, 3.63) is 0 Å². The maximum atomic E-state index is 9.32. The van der Waals surface area contributed by atoms with Crippen LogP contribution in [0.15, 0.2) is 0 Å². The summed E-state index contributed by atoms with van der Waals surface area (Å²) >= 11 is 0. The van der Waals surface area contributed by atoms with Crippen LogP contribution in [0.2, 0.25) is 0 Å². The first-order chi connectivity index (χ1) is 8.99. The SMILES string of the molecule is CCOC1CCN(CCC(C)(C#N)NC(C)C)CC1. The van der Waals surface area contributed by atoms with Crippen molar-refractivity contribution in [2.24, 2.45) is 0 Å². The topological polar surface area (TPSA) is 48.3 Å². The number of likely N-dealkylation sites (tertiary alicyclic amines) is 1. The zero-order valence-corrected chi connectivity index (χ0v) is 12.9. The molecule has 0 amide bonds. The number of nitrogens with zero attached hydrogens (tertiary/aromatic N) is 2. The highest BCUT2D eigenvalue weighted by Crippen LogP contribution is 2.16. The largest absolute Gasteiger partial charge is 0.378 e. The van der Waals surface area contributed by atoms with Gasteiger partial charge in [-0.1, -0.05) is 0 Å². The minimum absolute atomic E-state index is 0.341. The molecule has 1 aliphatic rings.